The molecule has 1 fully saturated rings. The highest BCUT2D eigenvalue weighted by atomic mass is 16.3. The molecule has 1 unspecified atom stereocenters. The van der Waals surface area contributed by atoms with E-state index in [2.05, 4.69) is 16.7 Å². The molecule has 106 valence electrons. The Hall–Kier alpha value is -2.04. The number of rotatable bonds is 3. The molecule has 0 bridgehead atoms. The minimum atomic E-state index is -0.130. The molecule has 2 heterocycles. The highest BCUT2D eigenvalue weighted by Gasteiger charge is 2.40. The monoisotopic (exact) mass is 274 g/mol. The van der Waals surface area contributed by atoms with Crippen molar-refractivity contribution in [3.05, 3.63) is 35.9 Å². The molecule has 1 atom stereocenters. The van der Waals surface area contributed by atoms with Crippen molar-refractivity contribution >= 4 is 11.8 Å². The van der Waals surface area contributed by atoms with Gasteiger partial charge in [0.2, 0.25) is 5.91 Å². The summed E-state index contributed by atoms with van der Waals surface area (Å²) in [6.07, 6.45) is 9.45. The van der Waals surface area contributed by atoms with E-state index in [1.54, 1.807) is 6.07 Å². The highest BCUT2D eigenvalue weighted by molar-refractivity contribution is 5.93. The van der Waals surface area contributed by atoms with Crippen LogP contribution in [0, 0.1) is 5.41 Å². The van der Waals surface area contributed by atoms with E-state index in [0.29, 0.717) is 18.5 Å². The standard InChI is InChI=1S/C15H18N2O3/c18-13-4-7-15(6-2-1-3-12(15)17-13)10-16-14(19)11-5-8-20-9-11/h3,5,8-9H,1-2,4,6-7,10H2,(H,16,19)(H,17,18). The first kappa shape index (κ1) is 13.0. The molecule has 5 nitrogen and oxygen atoms in total. The van der Waals surface area contributed by atoms with Crippen molar-refractivity contribution in [1.29, 1.82) is 0 Å². The first-order chi connectivity index (χ1) is 9.70. The molecule has 1 saturated heterocycles. The Bertz CT molecular complexity index is 547. The molecule has 2 N–H and O–H groups in total. The predicted molar refractivity (Wildman–Crippen MR) is 72.8 cm³/mol. The zero-order valence-corrected chi connectivity index (χ0v) is 11.3. The van der Waals surface area contributed by atoms with Crippen molar-refractivity contribution in [2.24, 2.45) is 5.41 Å². The second kappa shape index (κ2) is 5.15. The van der Waals surface area contributed by atoms with Gasteiger partial charge >= 0.3 is 0 Å². The van der Waals surface area contributed by atoms with Crippen LogP contribution in [0.15, 0.2) is 34.8 Å². The Balaban J connectivity index is 1.71. The number of hydrogen-bond donors (Lipinski definition) is 2. The van der Waals surface area contributed by atoms with Gasteiger partial charge in [-0.25, -0.2) is 0 Å². The molecule has 5 heteroatoms. The molecule has 20 heavy (non-hydrogen) atoms. The molecule has 2 aliphatic rings. The van der Waals surface area contributed by atoms with E-state index in [-0.39, 0.29) is 17.2 Å². The smallest absolute Gasteiger partial charge is 0.254 e. The first-order valence-electron chi connectivity index (χ1n) is 7.01. The average Bonchev–Trinajstić information content (AvgIpc) is 2.99. The van der Waals surface area contributed by atoms with Crippen LogP contribution in [0.4, 0.5) is 0 Å². The lowest BCUT2D eigenvalue weighted by Crippen LogP contribution is -2.48. The number of furan rings is 1. The van der Waals surface area contributed by atoms with E-state index in [4.69, 9.17) is 4.42 Å². The number of allylic oxidation sites excluding steroid dienone is 1. The molecule has 1 aromatic rings. The van der Waals surface area contributed by atoms with Gasteiger partial charge in [0.25, 0.3) is 5.91 Å². The lowest BCUT2D eigenvalue weighted by molar-refractivity contribution is -0.122. The van der Waals surface area contributed by atoms with Crippen LogP contribution >= 0.6 is 0 Å². The lowest BCUT2D eigenvalue weighted by Gasteiger charge is -2.42. The van der Waals surface area contributed by atoms with Crippen molar-refractivity contribution in [3.8, 4) is 0 Å². The maximum Gasteiger partial charge on any atom is 0.254 e. The van der Waals surface area contributed by atoms with Gasteiger partial charge in [-0.2, -0.15) is 0 Å². The summed E-state index contributed by atoms with van der Waals surface area (Å²) in [5.41, 5.74) is 1.42. The third-order valence-corrected chi connectivity index (χ3v) is 4.25. The molecule has 3 rings (SSSR count). The van der Waals surface area contributed by atoms with Gasteiger partial charge in [-0.15, -0.1) is 0 Å². The molecule has 0 spiro atoms. The van der Waals surface area contributed by atoms with Crippen LogP contribution in [0.5, 0.6) is 0 Å². The van der Waals surface area contributed by atoms with E-state index < -0.39 is 0 Å². The van der Waals surface area contributed by atoms with E-state index >= 15 is 0 Å². The van der Waals surface area contributed by atoms with Crippen LogP contribution < -0.4 is 10.6 Å². The normalized spacial score (nSPS) is 25.4. The predicted octanol–water partition coefficient (Wildman–Crippen LogP) is 1.97. The van der Waals surface area contributed by atoms with Crippen LogP contribution in [0.3, 0.4) is 0 Å². The molecular formula is C15H18N2O3. The van der Waals surface area contributed by atoms with Crippen molar-refractivity contribution in [2.75, 3.05) is 6.54 Å². The number of nitrogens with one attached hydrogen (secondary N) is 2. The summed E-state index contributed by atoms with van der Waals surface area (Å²) in [7, 11) is 0. The van der Waals surface area contributed by atoms with Crippen LogP contribution in [0.25, 0.3) is 0 Å². The Morgan fingerprint density at radius 2 is 2.35 bits per heavy atom. The summed E-state index contributed by atoms with van der Waals surface area (Å²) in [6.45, 7) is 0.559. The Morgan fingerprint density at radius 3 is 3.15 bits per heavy atom. The maximum absolute atomic E-state index is 12.0. The minimum Gasteiger partial charge on any atom is -0.472 e. The van der Waals surface area contributed by atoms with E-state index in [1.807, 2.05) is 0 Å². The topological polar surface area (TPSA) is 71.3 Å². The Kier molecular flexibility index (Phi) is 3.34. The summed E-state index contributed by atoms with van der Waals surface area (Å²) >= 11 is 0. The highest BCUT2D eigenvalue weighted by Crippen LogP contribution is 2.42. The van der Waals surface area contributed by atoms with Gasteiger partial charge in [-0.1, -0.05) is 6.08 Å². The van der Waals surface area contributed by atoms with Crippen molar-refractivity contribution in [2.45, 2.75) is 32.1 Å². The molecule has 1 aliphatic carbocycles. The Morgan fingerprint density at radius 1 is 1.45 bits per heavy atom. The summed E-state index contributed by atoms with van der Waals surface area (Å²) in [6, 6.07) is 1.65. The zero-order valence-electron chi connectivity index (χ0n) is 11.3. The van der Waals surface area contributed by atoms with Gasteiger partial charge in [0.1, 0.15) is 6.26 Å². The summed E-state index contributed by atoms with van der Waals surface area (Å²) < 4.78 is 4.92. The number of carbonyl (C=O) groups excluding carboxylic acids is 2. The van der Waals surface area contributed by atoms with Crippen molar-refractivity contribution < 1.29 is 14.0 Å². The third kappa shape index (κ3) is 2.35. The van der Waals surface area contributed by atoms with E-state index in [9.17, 15) is 9.59 Å². The molecule has 1 aromatic heterocycles. The lowest BCUT2D eigenvalue weighted by atomic mass is 9.70. The van der Waals surface area contributed by atoms with E-state index in [0.717, 1.165) is 31.4 Å². The van der Waals surface area contributed by atoms with Gasteiger partial charge in [0.05, 0.1) is 11.8 Å². The molecule has 2 amide bonds. The quantitative estimate of drug-likeness (QED) is 0.885. The molecular weight excluding hydrogens is 256 g/mol. The van der Waals surface area contributed by atoms with Crippen molar-refractivity contribution in [1.82, 2.24) is 10.6 Å². The number of carbonyl (C=O) groups is 2. The largest absolute Gasteiger partial charge is 0.472 e. The Labute approximate surface area is 117 Å². The fourth-order valence-corrected chi connectivity index (χ4v) is 3.06. The molecule has 0 saturated carbocycles. The number of amides is 2. The summed E-state index contributed by atoms with van der Waals surface area (Å²) in [5, 5.41) is 5.94. The fourth-order valence-electron chi connectivity index (χ4n) is 3.06. The van der Waals surface area contributed by atoms with Crippen LogP contribution in [0.1, 0.15) is 42.5 Å². The SMILES string of the molecule is O=C1CCC2(CNC(=O)c3ccoc3)CCCC=C2N1. The summed E-state index contributed by atoms with van der Waals surface area (Å²) in [4.78, 5) is 23.5. The molecule has 1 aliphatic heterocycles. The van der Waals surface area contributed by atoms with Crippen molar-refractivity contribution in [3.63, 3.8) is 0 Å². The minimum absolute atomic E-state index is 0.0786. The first-order valence-corrected chi connectivity index (χ1v) is 7.01. The second-order valence-electron chi connectivity index (χ2n) is 5.53. The van der Waals surface area contributed by atoms with Gasteiger partial charge in [-0.3, -0.25) is 9.59 Å². The van der Waals surface area contributed by atoms with Crippen LogP contribution in [-0.4, -0.2) is 18.4 Å². The second-order valence-corrected chi connectivity index (χ2v) is 5.53. The summed E-state index contributed by atoms with van der Waals surface area (Å²) in [5.74, 6) is -0.0510. The van der Waals surface area contributed by atoms with Crippen LogP contribution in [-0.2, 0) is 4.79 Å². The average molecular weight is 274 g/mol. The van der Waals surface area contributed by atoms with Gasteiger partial charge < -0.3 is 15.1 Å². The number of piperidine rings is 1. The third-order valence-electron chi connectivity index (χ3n) is 4.25. The van der Waals surface area contributed by atoms with Crippen LogP contribution in [0.2, 0.25) is 0 Å². The van der Waals surface area contributed by atoms with Gasteiger partial charge in [-0.05, 0) is 31.7 Å². The number of hydrogen-bond acceptors (Lipinski definition) is 3. The fraction of sp³-hybridized carbons (Fsp3) is 0.467. The molecule has 0 radical (unpaired) electrons. The van der Waals surface area contributed by atoms with Gasteiger partial charge in [0, 0.05) is 24.1 Å². The van der Waals surface area contributed by atoms with E-state index in [1.165, 1.54) is 12.5 Å². The zero-order chi connectivity index (χ0) is 14.0. The number of fused-ring (bicyclic) bond motifs is 1. The maximum atomic E-state index is 12.0. The molecule has 0 aromatic carbocycles. The van der Waals surface area contributed by atoms with Gasteiger partial charge in [0.15, 0.2) is 0 Å².